The van der Waals surface area contributed by atoms with Crippen LogP contribution in [-0.2, 0) is 14.4 Å². The van der Waals surface area contributed by atoms with Crippen molar-refractivity contribution in [2.24, 2.45) is 0 Å². The standard InChI is InChI=1S/C15H11FN2O4/c16-9-3-1-2-8-6-18(14(13(8)9)11(20)7-19)10-4-5-12(21)17-15(10)22/h1-3,6-7,10H,4-5H2,(H,17,21,22). The van der Waals surface area contributed by atoms with Gasteiger partial charge in [0.1, 0.15) is 17.6 Å². The van der Waals surface area contributed by atoms with E-state index in [0.717, 1.165) is 0 Å². The van der Waals surface area contributed by atoms with Crippen molar-refractivity contribution in [3.63, 3.8) is 0 Å². The Kier molecular flexibility index (Phi) is 3.32. The minimum absolute atomic E-state index is 0.00398. The number of aromatic nitrogens is 1. The first kappa shape index (κ1) is 14.1. The van der Waals surface area contributed by atoms with Gasteiger partial charge in [-0.25, -0.2) is 4.39 Å². The molecule has 112 valence electrons. The molecule has 7 heteroatoms. The molecule has 1 fully saturated rings. The summed E-state index contributed by atoms with van der Waals surface area (Å²) in [5, 5.41) is 2.59. The number of benzene rings is 1. The third kappa shape index (κ3) is 2.11. The number of imide groups is 1. The third-order valence-corrected chi connectivity index (χ3v) is 3.71. The molecular formula is C15H11FN2O4. The number of carbonyl (C=O) groups is 4. The normalized spacial score (nSPS) is 18.3. The van der Waals surface area contributed by atoms with Crippen LogP contribution in [-0.4, -0.2) is 28.5 Å². The Hall–Kier alpha value is -2.83. The fraction of sp³-hybridized carbons (Fsp3) is 0.200. The minimum atomic E-state index is -0.912. The molecule has 0 saturated carbocycles. The largest absolute Gasteiger partial charge is 0.331 e. The van der Waals surface area contributed by atoms with Crippen molar-refractivity contribution >= 4 is 34.7 Å². The molecule has 1 aliphatic heterocycles. The summed E-state index contributed by atoms with van der Waals surface area (Å²) in [7, 11) is 0. The summed E-state index contributed by atoms with van der Waals surface area (Å²) in [6.45, 7) is 0. The molecule has 1 aromatic heterocycles. The van der Waals surface area contributed by atoms with E-state index < -0.39 is 29.5 Å². The van der Waals surface area contributed by atoms with Gasteiger partial charge in [-0.1, -0.05) is 12.1 Å². The van der Waals surface area contributed by atoms with Crippen LogP contribution in [0.4, 0.5) is 4.39 Å². The molecule has 22 heavy (non-hydrogen) atoms. The lowest BCUT2D eigenvalue weighted by Gasteiger charge is -2.23. The molecule has 6 nitrogen and oxygen atoms in total. The molecule has 1 N–H and O–H groups in total. The number of nitrogens with zero attached hydrogens (tertiary/aromatic N) is 1. The van der Waals surface area contributed by atoms with Gasteiger partial charge in [-0.3, -0.25) is 24.5 Å². The summed E-state index contributed by atoms with van der Waals surface area (Å²) in [5.41, 5.74) is -0.169. The van der Waals surface area contributed by atoms with E-state index in [1.807, 2.05) is 0 Å². The van der Waals surface area contributed by atoms with Crippen LogP contribution in [0.15, 0.2) is 24.4 Å². The molecule has 1 aliphatic rings. The summed E-state index contributed by atoms with van der Waals surface area (Å²) in [4.78, 5) is 46.0. The lowest BCUT2D eigenvalue weighted by atomic mass is 10.1. The highest BCUT2D eigenvalue weighted by Gasteiger charge is 2.32. The maximum absolute atomic E-state index is 14.0. The quantitative estimate of drug-likeness (QED) is 0.399. The minimum Gasteiger partial charge on any atom is -0.331 e. The zero-order valence-corrected chi connectivity index (χ0v) is 11.3. The van der Waals surface area contributed by atoms with Gasteiger partial charge in [-0.05, 0) is 12.5 Å². The van der Waals surface area contributed by atoms with E-state index in [1.54, 1.807) is 6.07 Å². The molecule has 1 atom stereocenters. The van der Waals surface area contributed by atoms with Gasteiger partial charge in [0.05, 0.1) is 0 Å². The van der Waals surface area contributed by atoms with Crippen molar-refractivity contribution in [3.05, 3.63) is 35.9 Å². The van der Waals surface area contributed by atoms with Crippen LogP contribution >= 0.6 is 0 Å². The number of Topliss-reactive ketones (excluding diaryl/α,β-unsaturated/α-hetero) is 1. The first-order valence-corrected chi connectivity index (χ1v) is 6.65. The third-order valence-electron chi connectivity index (χ3n) is 3.71. The number of halogens is 1. The second kappa shape index (κ2) is 5.18. The van der Waals surface area contributed by atoms with Crippen LogP contribution in [0.5, 0.6) is 0 Å². The predicted molar refractivity (Wildman–Crippen MR) is 73.7 cm³/mol. The fourth-order valence-corrected chi connectivity index (χ4v) is 2.74. The van der Waals surface area contributed by atoms with Gasteiger partial charge in [0.2, 0.25) is 17.6 Å². The average molecular weight is 302 g/mol. The maximum atomic E-state index is 14.0. The Bertz CT molecular complexity index is 824. The molecule has 0 radical (unpaired) electrons. The molecule has 0 spiro atoms. The van der Waals surface area contributed by atoms with E-state index >= 15 is 0 Å². The SMILES string of the molecule is O=CC(=O)c1c2c(F)cccc2cn1C1CCC(=O)NC1=O. The molecule has 1 aromatic carbocycles. The van der Waals surface area contributed by atoms with Crippen LogP contribution in [0.25, 0.3) is 10.8 Å². The molecule has 2 aromatic rings. The summed E-state index contributed by atoms with van der Waals surface area (Å²) < 4.78 is 15.3. The van der Waals surface area contributed by atoms with E-state index in [-0.39, 0.29) is 30.2 Å². The first-order valence-electron chi connectivity index (χ1n) is 6.65. The summed E-state index contributed by atoms with van der Waals surface area (Å²) in [5.74, 6) is -2.53. The number of hydrogen-bond acceptors (Lipinski definition) is 4. The predicted octanol–water partition coefficient (Wildman–Crippen LogP) is 1.14. The molecule has 2 heterocycles. The van der Waals surface area contributed by atoms with Crippen LogP contribution in [0.3, 0.4) is 0 Å². The molecule has 0 bridgehead atoms. The van der Waals surface area contributed by atoms with Crippen molar-refractivity contribution in [2.45, 2.75) is 18.9 Å². The van der Waals surface area contributed by atoms with Gasteiger partial charge >= 0.3 is 0 Å². The van der Waals surface area contributed by atoms with E-state index in [4.69, 9.17) is 0 Å². The molecule has 3 rings (SSSR count). The topological polar surface area (TPSA) is 85.2 Å². The molecule has 1 unspecified atom stereocenters. The second-order valence-electron chi connectivity index (χ2n) is 5.04. The Morgan fingerprint density at radius 1 is 1.36 bits per heavy atom. The number of carbonyl (C=O) groups excluding carboxylic acids is 4. The molecular weight excluding hydrogens is 291 g/mol. The Labute approximate surface area is 123 Å². The van der Waals surface area contributed by atoms with E-state index in [0.29, 0.717) is 5.39 Å². The van der Waals surface area contributed by atoms with E-state index in [2.05, 4.69) is 5.32 Å². The van der Waals surface area contributed by atoms with Crippen molar-refractivity contribution in [1.82, 2.24) is 9.88 Å². The number of ketones is 1. The Morgan fingerprint density at radius 2 is 2.14 bits per heavy atom. The van der Waals surface area contributed by atoms with Gasteiger partial charge in [-0.2, -0.15) is 0 Å². The summed E-state index contributed by atoms with van der Waals surface area (Å²) in [6.07, 6.45) is 1.84. The lowest BCUT2D eigenvalue weighted by Crippen LogP contribution is -2.42. The van der Waals surface area contributed by atoms with E-state index in [9.17, 15) is 23.6 Å². The van der Waals surface area contributed by atoms with E-state index in [1.165, 1.54) is 22.9 Å². The number of amides is 2. The van der Waals surface area contributed by atoms with Gasteiger partial charge in [-0.15, -0.1) is 0 Å². The number of hydrogen-bond donors (Lipinski definition) is 1. The average Bonchev–Trinajstić information content (AvgIpc) is 2.87. The van der Waals surface area contributed by atoms with Crippen LogP contribution < -0.4 is 5.32 Å². The number of fused-ring (bicyclic) bond motifs is 1. The highest BCUT2D eigenvalue weighted by molar-refractivity contribution is 6.36. The summed E-state index contributed by atoms with van der Waals surface area (Å²) in [6, 6.07) is 3.41. The van der Waals surface area contributed by atoms with Crippen molar-refractivity contribution in [3.8, 4) is 0 Å². The Morgan fingerprint density at radius 3 is 2.82 bits per heavy atom. The van der Waals surface area contributed by atoms with Crippen molar-refractivity contribution in [1.29, 1.82) is 0 Å². The maximum Gasteiger partial charge on any atom is 0.249 e. The number of aldehydes is 1. The van der Waals surface area contributed by atoms with Gasteiger partial charge in [0, 0.05) is 23.4 Å². The summed E-state index contributed by atoms with van der Waals surface area (Å²) >= 11 is 0. The smallest absolute Gasteiger partial charge is 0.249 e. The molecule has 2 amide bonds. The zero-order chi connectivity index (χ0) is 15.9. The first-order chi connectivity index (χ1) is 10.5. The number of rotatable bonds is 3. The highest BCUT2D eigenvalue weighted by atomic mass is 19.1. The molecule has 1 saturated heterocycles. The lowest BCUT2D eigenvalue weighted by molar-refractivity contribution is -0.135. The van der Waals surface area contributed by atoms with Gasteiger partial charge in [0.15, 0.2) is 6.29 Å². The zero-order valence-electron chi connectivity index (χ0n) is 11.3. The molecule has 0 aliphatic carbocycles. The van der Waals surface area contributed by atoms with Gasteiger partial charge < -0.3 is 4.57 Å². The van der Waals surface area contributed by atoms with Crippen molar-refractivity contribution in [2.75, 3.05) is 0 Å². The van der Waals surface area contributed by atoms with Gasteiger partial charge in [0.25, 0.3) is 0 Å². The van der Waals surface area contributed by atoms with Crippen LogP contribution in [0.2, 0.25) is 0 Å². The monoisotopic (exact) mass is 302 g/mol. The van der Waals surface area contributed by atoms with Crippen LogP contribution in [0.1, 0.15) is 29.4 Å². The number of piperidine rings is 1. The highest BCUT2D eigenvalue weighted by Crippen LogP contribution is 2.30. The Balaban J connectivity index is 2.23. The van der Waals surface area contributed by atoms with Crippen LogP contribution in [0, 0.1) is 5.82 Å². The number of nitrogens with one attached hydrogen (secondary N) is 1. The second-order valence-corrected chi connectivity index (χ2v) is 5.04. The van der Waals surface area contributed by atoms with Crippen molar-refractivity contribution < 1.29 is 23.6 Å². The fourth-order valence-electron chi connectivity index (χ4n) is 2.74.